The van der Waals surface area contributed by atoms with Gasteiger partial charge in [0.05, 0.1) is 11.5 Å². The van der Waals surface area contributed by atoms with Gasteiger partial charge in [0, 0.05) is 42.4 Å². The molecule has 0 fully saturated rings. The van der Waals surface area contributed by atoms with E-state index in [9.17, 15) is 14.9 Å². The molecule has 1 N–H and O–H groups in total. The summed E-state index contributed by atoms with van der Waals surface area (Å²) in [6, 6.07) is 10.8. The van der Waals surface area contributed by atoms with Gasteiger partial charge in [-0.2, -0.15) is 0 Å². The van der Waals surface area contributed by atoms with Crippen molar-refractivity contribution >= 4 is 17.7 Å². The molecule has 29 heavy (non-hydrogen) atoms. The number of carbonyl (C=O) groups is 1. The number of nitro groups is 1. The van der Waals surface area contributed by atoms with Crippen LogP contribution in [-0.2, 0) is 29.2 Å². The number of non-ortho nitro benzene ring substituents is 1. The summed E-state index contributed by atoms with van der Waals surface area (Å²) in [6.45, 7) is 1.55. The molecule has 0 aliphatic carbocycles. The lowest BCUT2D eigenvalue weighted by Gasteiger charge is -2.19. The molecule has 1 aliphatic heterocycles. The molecular formula is C21H23N3O5. The third kappa shape index (κ3) is 5.63. The Labute approximate surface area is 168 Å². The number of rotatable bonds is 7. The van der Waals surface area contributed by atoms with Crippen molar-refractivity contribution in [2.75, 3.05) is 20.9 Å². The van der Waals surface area contributed by atoms with E-state index in [0.717, 1.165) is 12.1 Å². The van der Waals surface area contributed by atoms with E-state index in [2.05, 4.69) is 10.2 Å². The van der Waals surface area contributed by atoms with Crippen molar-refractivity contribution in [2.45, 2.75) is 19.7 Å². The van der Waals surface area contributed by atoms with Crippen molar-refractivity contribution in [1.82, 2.24) is 10.2 Å². The van der Waals surface area contributed by atoms with Crippen molar-refractivity contribution < 1.29 is 19.2 Å². The van der Waals surface area contributed by atoms with E-state index in [4.69, 9.17) is 9.47 Å². The Kier molecular flexibility index (Phi) is 6.58. The van der Waals surface area contributed by atoms with E-state index >= 15 is 0 Å². The number of hydrogen-bond donors (Lipinski definition) is 1. The fourth-order valence-corrected chi connectivity index (χ4v) is 3.00. The van der Waals surface area contributed by atoms with E-state index in [1.54, 1.807) is 0 Å². The maximum absolute atomic E-state index is 12.2. The molecule has 1 aliphatic rings. The van der Waals surface area contributed by atoms with Gasteiger partial charge in [-0.25, -0.2) is 0 Å². The van der Waals surface area contributed by atoms with Crippen molar-refractivity contribution in [3.63, 3.8) is 0 Å². The number of hydrogen-bond acceptors (Lipinski definition) is 6. The Balaban J connectivity index is 1.64. The largest absolute Gasteiger partial charge is 0.467 e. The second kappa shape index (κ2) is 9.31. The van der Waals surface area contributed by atoms with Crippen LogP contribution in [0.15, 0.2) is 42.5 Å². The SMILES string of the molecule is CN(C)Cc1ccc(CNC(=O)/C=C/c2cc([N+](=O)[O-])cc3c2OCOC3)cc1. The van der Waals surface area contributed by atoms with Gasteiger partial charge in [-0.05, 0) is 31.3 Å². The third-order valence-corrected chi connectivity index (χ3v) is 4.34. The Morgan fingerprint density at radius 2 is 1.97 bits per heavy atom. The minimum Gasteiger partial charge on any atom is -0.467 e. The maximum atomic E-state index is 12.2. The Morgan fingerprint density at radius 3 is 2.66 bits per heavy atom. The van der Waals surface area contributed by atoms with Gasteiger partial charge in [0.1, 0.15) is 5.75 Å². The molecule has 0 spiro atoms. The number of nitrogens with zero attached hydrogens (tertiary/aromatic N) is 2. The first-order valence-electron chi connectivity index (χ1n) is 9.12. The summed E-state index contributed by atoms with van der Waals surface area (Å²) in [6.07, 6.45) is 2.87. The van der Waals surface area contributed by atoms with Gasteiger partial charge in [-0.15, -0.1) is 0 Å². The van der Waals surface area contributed by atoms with Crippen LogP contribution in [0.2, 0.25) is 0 Å². The molecule has 0 atom stereocenters. The van der Waals surface area contributed by atoms with Gasteiger partial charge in [-0.3, -0.25) is 14.9 Å². The monoisotopic (exact) mass is 397 g/mol. The predicted octanol–water partition coefficient (Wildman–Crippen LogP) is 2.85. The van der Waals surface area contributed by atoms with Crippen LogP contribution < -0.4 is 10.1 Å². The average Bonchev–Trinajstić information content (AvgIpc) is 2.70. The summed E-state index contributed by atoms with van der Waals surface area (Å²) in [4.78, 5) is 24.9. The summed E-state index contributed by atoms with van der Waals surface area (Å²) in [5.74, 6) is 0.206. The molecule has 8 nitrogen and oxygen atoms in total. The lowest BCUT2D eigenvalue weighted by atomic mass is 10.1. The van der Waals surface area contributed by atoms with E-state index in [1.165, 1.54) is 29.8 Å². The number of ether oxygens (including phenoxy) is 2. The van der Waals surface area contributed by atoms with Crippen molar-refractivity contribution in [2.24, 2.45) is 0 Å². The highest BCUT2D eigenvalue weighted by atomic mass is 16.7. The van der Waals surface area contributed by atoms with Crippen LogP contribution in [0.1, 0.15) is 22.3 Å². The number of fused-ring (bicyclic) bond motifs is 1. The fourth-order valence-electron chi connectivity index (χ4n) is 3.00. The van der Waals surface area contributed by atoms with E-state index in [-0.39, 0.29) is 25.0 Å². The molecule has 2 aromatic carbocycles. The molecule has 8 heteroatoms. The standard InChI is InChI=1S/C21H23N3O5/c1-23(2)12-16-5-3-15(4-6-16)11-22-20(25)8-7-17-9-19(24(26)27)10-18-13-28-14-29-21(17)18/h3-10H,11-14H2,1-2H3,(H,22,25)/b8-7+. The molecule has 0 unspecified atom stereocenters. The maximum Gasteiger partial charge on any atom is 0.270 e. The Hall–Kier alpha value is -3.23. The molecule has 2 aromatic rings. The number of benzene rings is 2. The fraction of sp³-hybridized carbons (Fsp3) is 0.286. The van der Waals surface area contributed by atoms with Crippen LogP contribution in [0.3, 0.4) is 0 Å². The zero-order chi connectivity index (χ0) is 20.8. The molecule has 0 bridgehead atoms. The molecule has 1 heterocycles. The second-order valence-corrected chi connectivity index (χ2v) is 7.00. The molecule has 152 valence electrons. The lowest BCUT2D eigenvalue weighted by Crippen LogP contribution is -2.20. The molecular weight excluding hydrogens is 374 g/mol. The minimum atomic E-state index is -0.480. The highest BCUT2D eigenvalue weighted by Crippen LogP contribution is 2.33. The Bertz CT molecular complexity index is 923. The minimum absolute atomic E-state index is 0.0711. The third-order valence-electron chi connectivity index (χ3n) is 4.34. The lowest BCUT2D eigenvalue weighted by molar-refractivity contribution is -0.385. The number of nitro benzene ring substituents is 1. The topological polar surface area (TPSA) is 93.9 Å². The van der Waals surface area contributed by atoms with E-state index in [1.807, 2.05) is 38.4 Å². The summed E-state index contributed by atoms with van der Waals surface area (Å²) in [7, 11) is 4.02. The quantitative estimate of drug-likeness (QED) is 0.439. The van der Waals surface area contributed by atoms with E-state index in [0.29, 0.717) is 23.4 Å². The number of amides is 1. The van der Waals surface area contributed by atoms with Gasteiger partial charge in [0.15, 0.2) is 6.79 Å². The molecule has 0 saturated carbocycles. The first-order valence-corrected chi connectivity index (χ1v) is 9.12. The van der Waals surface area contributed by atoms with Gasteiger partial charge in [0.25, 0.3) is 5.69 Å². The molecule has 1 amide bonds. The summed E-state index contributed by atoms with van der Waals surface area (Å²) >= 11 is 0. The first-order chi connectivity index (χ1) is 13.9. The molecule has 0 aromatic heterocycles. The van der Waals surface area contributed by atoms with Crippen molar-refractivity contribution in [3.05, 3.63) is 74.8 Å². The van der Waals surface area contributed by atoms with Gasteiger partial charge in [-0.1, -0.05) is 24.3 Å². The van der Waals surface area contributed by atoms with Crippen LogP contribution in [0.5, 0.6) is 5.75 Å². The smallest absolute Gasteiger partial charge is 0.270 e. The van der Waals surface area contributed by atoms with Crippen LogP contribution in [0, 0.1) is 10.1 Å². The van der Waals surface area contributed by atoms with Crippen LogP contribution in [-0.4, -0.2) is 36.6 Å². The highest BCUT2D eigenvalue weighted by molar-refractivity contribution is 5.92. The zero-order valence-corrected chi connectivity index (χ0v) is 16.4. The summed E-state index contributed by atoms with van der Waals surface area (Å²) in [5, 5.41) is 13.9. The van der Waals surface area contributed by atoms with Crippen molar-refractivity contribution in [3.8, 4) is 5.75 Å². The van der Waals surface area contributed by atoms with Gasteiger partial charge < -0.3 is 19.7 Å². The summed E-state index contributed by atoms with van der Waals surface area (Å²) < 4.78 is 10.6. The molecule has 3 rings (SSSR count). The normalized spacial score (nSPS) is 13.2. The van der Waals surface area contributed by atoms with Crippen molar-refractivity contribution in [1.29, 1.82) is 0 Å². The molecule has 0 saturated heterocycles. The van der Waals surface area contributed by atoms with Gasteiger partial charge >= 0.3 is 0 Å². The molecule has 0 radical (unpaired) electrons. The number of nitrogens with one attached hydrogen (secondary N) is 1. The highest BCUT2D eigenvalue weighted by Gasteiger charge is 2.19. The van der Waals surface area contributed by atoms with Crippen LogP contribution in [0.25, 0.3) is 6.08 Å². The Morgan fingerprint density at radius 1 is 1.24 bits per heavy atom. The van der Waals surface area contributed by atoms with Gasteiger partial charge in [0.2, 0.25) is 5.91 Å². The van der Waals surface area contributed by atoms with E-state index < -0.39 is 4.92 Å². The number of carbonyl (C=O) groups excluding carboxylic acids is 1. The second-order valence-electron chi connectivity index (χ2n) is 7.00. The van der Waals surface area contributed by atoms with Crippen LogP contribution in [0.4, 0.5) is 5.69 Å². The average molecular weight is 397 g/mol. The first kappa shape index (κ1) is 20.5. The zero-order valence-electron chi connectivity index (χ0n) is 16.4. The summed E-state index contributed by atoms with van der Waals surface area (Å²) in [5.41, 5.74) is 3.17. The van der Waals surface area contributed by atoms with Crippen LogP contribution >= 0.6 is 0 Å². The predicted molar refractivity (Wildman–Crippen MR) is 108 cm³/mol.